The second-order valence-corrected chi connectivity index (χ2v) is 6.59. The Labute approximate surface area is 129 Å². The van der Waals surface area contributed by atoms with Crippen LogP contribution in [0.15, 0.2) is 18.2 Å². The third-order valence-corrected chi connectivity index (χ3v) is 5.22. The molecule has 1 aliphatic rings. The molecule has 0 amide bonds. The molecule has 0 fully saturated rings. The van der Waals surface area contributed by atoms with E-state index in [9.17, 15) is 0 Å². The van der Waals surface area contributed by atoms with E-state index in [1.165, 1.54) is 17.5 Å². The van der Waals surface area contributed by atoms with Crippen LogP contribution in [0.25, 0.3) is 0 Å². The van der Waals surface area contributed by atoms with E-state index < -0.39 is 0 Å². The Morgan fingerprint density at radius 2 is 2.00 bits per heavy atom. The third kappa shape index (κ3) is 3.24. The number of aryl methyl sites for hydroxylation is 1. The van der Waals surface area contributed by atoms with Gasteiger partial charge in [0.1, 0.15) is 5.75 Å². The van der Waals surface area contributed by atoms with Crippen LogP contribution in [0.5, 0.6) is 5.75 Å². The number of benzene rings is 1. The molecule has 0 spiro atoms. The maximum absolute atomic E-state index is 5.36. The minimum absolute atomic E-state index is 0.394. The van der Waals surface area contributed by atoms with E-state index in [4.69, 9.17) is 4.74 Å². The lowest BCUT2D eigenvalue weighted by molar-refractivity contribution is 0.108. The molecule has 1 aromatic carbocycles. The molecule has 0 heterocycles. The molecule has 0 aliphatic heterocycles. The van der Waals surface area contributed by atoms with Crippen LogP contribution in [0.2, 0.25) is 0 Å². The molecular weight excluding hydrogens is 260 g/mol. The first-order valence-electron chi connectivity index (χ1n) is 8.05. The van der Waals surface area contributed by atoms with Gasteiger partial charge >= 0.3 is 0 Å². The number of likely N-dealkylation sites (N-methyl/N-ethyl adjacent to an activating group) is 2. The number of methoxy groups -OCH3 is 1. The summed E-state index contributed by atoms with van der Waals surface area (Å²) in [6.07, 6.45) is 2.32. The molecule has 0 saturated heterocycles. The van der Waals surface area contributed by atoms with E-state index in [1.54, 1.807) is 7.11 Å². The number of rotatable bonds is 5. The first kappa shape index (κ1) is 16.3. The van der Waals surface area contributed by atoms with Crippen molar-refractivity contribution < 1.29 is 4.74 Å². The molecule has 3 atom stereocenters. The minimum atomic E-state index is 0.394. The summed E-state index contributed by atoms with van der Waals surface area (Å²) in [6, 6.07) is 8.04. The molecule has 21 heavy (non-hydrogen) atoms. The summed E-state index contributed by atoms with van der Waals surface area (Å²) in [6.45, 7) is 6.94. The molecule has 1 N–H and O–H groups in total. The molecule has 3 unspecified atom stereocenters. The lowest BCUT2D eigenvalue weighted by Crippen LogP contribution is -2.49. The lowest BCUT2D eigenvalue weighted by atomic mass is 9.82. The monoisotopic (exact) mass is 290 g/mol. The average molecular weight is 290 g/mol. The Morgan fingerprint density at radius 1 is 1.29 bits per heavy atom. The van der Waals surface area contributed by atoms with Crippen molar-refractivity contribution >= 4 is 0 Å². The third-order valence-electron chi connectivity index (χ3n) is 5.22. The molecule has 1 aromatic rings. The zero-order valence-electron chi connectivity index (χ0n) is 14.3. The number of hydrogen-bond acceptors (Lipinski definition) is 3. The normalized spacial score (nSPS) is 23.2. The Morgan fingerprint density at radius 3 is 2.57 bits per heavy atom. The predicted molar refractivity (Wildman–Crippen MR) is 89.0 cm³/mol. The van der Waals surface area contributed by atoms with Crippen LogP contribution in [0, 0.1) is 5.92 Å². The first-order valence-corrected chi connectivity index (χ1v) is 8.05. The SMILES string of the molecule is CNC1c2ccc(OC)cc2CCC1N(C)C(C)C(C)C. The highest BCUT2D eigenvalue weighted by Crippen LogP contribution is 2.35. The van der Waals surface area contributed by atoms with E-state index >= 15 is 0 Å². The van der Waals surface area contributed by atoms with Crippen LogP contribution in [-0.4, -0.2) is 38.2 Å². The maximum Gasteiger partial charge on any atom is 0.119 e. The molecule has 1 aliphatic carbocycles. The van der Waals surface area contributed by atoms with Gasteiger partial charge in [0, 0.05) is 18.1 Å². The Hall–Kier alpha value is -1.06. The highest BCUT2D eigenvalue weighted by atomic mass is 16.5. The largest absolute Gasteiger partial charge is 0.497 e. The van der Waals surface area contributed by atoms with Crippen molar-refractivity contribution in [1.29, 1.82) is 0 Å². The average Bonchev–Trinajstić information content (AvgIpc) is 2.51. The van der Waals surface area contributed by atoms with Crippen LogP contribution in [0.4, 0.5) is 0 Å². The zero-order valence-corrected chi connectivity index (χ0v) is 14.3. The molecule has 0 aromatic heterocycles. The molecule has 118 valence electrons. The second kappa shape index (κ2) is 6.80. The molecule has 0 bridgehead atoms. The standard InChI is InChI=1S/C18H30N2O/c1-12(2)13(3)20(5)17-10-7-14-11-15(21-6)8-9-16(14)18(17)19-4/h8-9,11-13,17-19H,7,10H2,1-6H3. The molecular formula is C18H30N2O. The molecule has 0 radical (unpaired) electrons. The first-order chi connectivity index (χ1) is 9.99. The number of nitrogens with zero attached hydrogens (tertiary/aromatic N) is 1. The molecule has 3 nitrogen and oxygen atoms in total. The van der Waals surface area contributed by atoms with Crippen molar-refractivity contribution in [2.45, 2.75) is 51.7 Å². The van der Waals surface area contributed by atoms with E-state index in [0.29, 0.717) is 24.0 Å². The number of nitrogens with one attached hydrogen (secondary N) is 1. The summed E-state index contributed by atoms with van der Waals surface area (Å²) < 4.78 is 5.36. The maximum atomic E-state index is 5.36. The molecule has 3 heteroatoms. The molecule has 0 saturated carbocycles. The summed E-state index contributed by atoms with van der Waals surface area (Å²) in [4.78, 5) is 2.55. The summed E-state index contributed by atoms with van der Waals surface area (Å²) in [5.74, 6) is 1.63. The van der Waals surface area contributed by atoms with Crippen molar-refractivity contribution in [2.24, 2.45) is 5.92 Å². The molecule has 2 rings (SSSR count). The van der Waals surface area contributed by atoms with Gasteiger partial charge in [-0.2, -0.15) is 0 Å². The summed E-state index contributed by atoms with van der Waals surface area (Å²) in [5.41, 5.74) is 2.85. The number of hydrogen-bond donors (Lipinski definition) is 1. The van der Waals surface area contributed by atoms with Gasteiger partial charge in [-0.25, -0.2) is 0 Å². The van der Waals surface area contributed by atoms with Gasteiger partial charge in [0.05, 0.1) is 7.11 Å². The minimum Gasteiger partial charge on any atom is -0.497 e. The number of fused-ring (bicyclic) bond motifs is 1. The van der Waals surface area contributed by atoms with Gasteiger partial charge in [-0.3, -0.25) is 4.90 Å². The van der Waals surface area contributed by atoms with Gasteiger partial charge in [0.2, 0.25) is 0 Å². The fourth-order valence-electron chi connectivity index (χ4n) is 3.47. The summed E-state index contributed by atoms with van der Waals surface area (Å²) in [7, 11) is 6.08. The van der Waals surface area contributed by atoms with Crippen LogP contribution >= 0.6 is 0 Å². The predicted octanol–water partition coefficient (Wildman–Crippen LogP) is 3.25. The van der Waals surface area contributed by atoms with E-state index in [2.05, 4.69) is 63.3 Å². The van der Waals surface area contributed by atoms with E-state index in [0.717, 1.165) is 12.2 Å². The fraction of sp³-hybridized carbons (Fsp3) is 0.667. The van der Waals surface area contributed by atoms with Crippen molar-refractivity contribution in [3.05, 3.63) is 29.3 Å². The Kier molecular flexibility index (Phi) is 5.28. The Bertz CT molecular complexity index is 472. The highest BCUT2D eigenvalue weighted by Gasteiger charge is 2.33. The van der Waals surface area contributed by atoms with Crippen LogP contribution in [-0.2, 0) is 6.42 Å². The van der Waals surface area contributed by atoms with Crippen molar-refractivity contribution in [3.63, 3.8) is 0 Å². The zero-order chi connectivity index (χ0) is 15.6. The fourth-order valence-corrected chi connectivity index (χ4v) is 3.47. The second-order valence-electron chi connectivity index (χ2n) is 6.59. The van der Waals surface area contributed by atoms with E-state index in [-0.39, 0.29) is 0 Å². The highest BCUT2D eigenvalue weighted by molar-refractivity contribution is 5.40. The lowest BCUT2D eigenvalue weighted by Gasteiger charge is -2.43. The summed E-state index contributed by atoms with van der Waals surface area (Å²) >= 11 is 0. The van der Waals surface area contributed by atoms with Crippen molar-refractivity contribution in [2.75, 3.05) is 21.2 Å². The van der Waals surface area contributed by atoms with Crippen LogP contribution < -0.4 is 10.1 Å². The Balaban J connectivity index is 2.27. The van der Waals surface area contributed by atoms with Gasteiger partial charge in [-0.15, -0.1) is 0 Å². The van der Waals surface area contributed by atoms with Crippen molar-refractivity contribution in [1.82, 2.24) is 10.2 Å². The van der Waals surface area contributed by atoms with Crippen LogP contribution in [0.3, 0.4) is 0 Å². The van der Waals surface area contributed by atoms with E-state index in [1.807, 2.05) is 0 Å². The smallest absolute Gasteiger partial charge is 0.119 e. The van der Waals surface area contributed by atoms with Crippen molar-refractivity contribution in [3.8, 4) is 5.75 Å². The van der Waals surface area contributed by atoms with Gasteiger partial charge in [-0.05, 0) is 63.0 Å². The quantitative estimate of drug-likeness (QED) is 0.901. The van der Waals surface area contributed by atoms with Gasteiger partial charge < -0.3 is 10.1 Å². The van der Waals surface area contributed by atoms with Gasteiger partial charge in [0.15, 0.2) is 0 Å². The van der Waals surface area contributed by atoms with Gasteiger partial charge in [-0.1, -0.05) is 19.9 Å². The van der Waals surface area contributed by atoms with Crippen LogP contribution in [0.1, 0.15) is 44.4 Å². The summed E-state index contributed by atoms with van der Waals surface area (Å²) in [5, 5.41) is 3.54. The topological polar surface area (TPSA) is 24.5 Å². The number of ether oxygens (including phenoxy) is 1. The van der Waals surface area contributed by atoms with Gasteiger partial charge in [0.25, 0.3) is 0 Å².